The first kappa shape index (κ1) is 15.7. The van der Waals surface area contributed by atoms with Crippen LogP contribution in [-0.4, -0.2) is 17.9 Å². The van der Waals surface area contributed by atoms with E-state index in [0.29, 0.717) is 6.54 Å². The summed E-state index contributed by atoms with van der Waals surface area (Å²) in [6.07, 6.45) is 0. The lowest BCUT2D eigenvalue weighted by atomic mass is 10.0. The van der Waals surface area contributed by atoms with E-state index in [0.717, 1.165) is 5.82 Å². The molecule has 0 aliphatic carbocycles. The summed E-state index contributed by atoms with van der Waals surface area (Å²) in [6, 6.07) is 24.0. The molecule has 0 aliphatic heterocycles. The highest BCUT2D eigenvalue weighted by Gasteiger charge is 2.07. The summed E-state index contributed by atoms with van der Waals surface area (Å²) >= 11 is 0. The van der Waals surface area contributed by atoms with Gasteiger partial charge in [0.25, 0.3) is 5.91 Å². The Morgan fingerprint density at radius 1 is 0.917 bits per heavy atom. The number of carbonyl (C=O) groups excluding carboxylic acids is 1. The van der Waals surface area contributed by atoms with Gasteiger partial charge < -0.3 is 10.6 Å². The maximum Gasteiger partial charge on any atom is 0.267 e. The zero-order chi connectivity index (χ0) is 16.9. The molecule has 0 radical (unpaired) electrons. The maximum atomic E-state index is 11.2. The molecule has 0 aliphatic rings. The smallest absolute Gasteiger partial charge is 0.267 e. The molecule has 3 rings (SSSR count). The Morgan fingerprint density at radius 2 is 1.58 bits per heavy atom. The average molecular weight is 317 g/mol. The zero-order valence-electron chi connectivity index (χ0n) is 13.5. The number of hydrogen-bond donors (Lipinski definition) is 1. The number of pyridine rings is 1. The van der Waals surface area contributed by atoms with Crippen molar-refractivity contribution >= 4 is 11.7 Å². The average Bonchev–Trinajstić information content (AvgIpc) is 2.63. The van der Waals surface area contributed by atoms with Gasteiger partial charge in [-0.2, -0.15) is 0 Å². The van der Waals surface area contributed by atoms with Crippen molar-refractivity contribution < 1.29 is 4.79 Å². The number of primary amides is 1. The van der Waals surface area contributed by atoms with E-state index >= 15 is 0 Å². The van der Waals surface area contributed by atoms with Crippen molar-refractivity contribution in [1.29, 1.82) is 0 Å². The van der Waals surface area contributed by atoms with Gasteiger partial charge in [0.2, 0.25) is 0 Å². The third-order valence-corrected chi connectivity index (χ3v) is 3.86. The van der Waals surface area contributed by atoms with Crippen LogP contribution in [0.5, 0.6) is 0 Å². The van der Waals surface area contributed by atoms with Crippen LogP contribution < -0.4 is 10.6 Å². The third kappa shape index (κ3) is 3.60. The summed E-state index contributed by atoms with van der Waals surface area (Å²) in [6.45, 7) is 0.699. The molecule has 0 unspecified atom stereocenters. The van der Waals surface area contributed by atoms with Gasteiger partial charge in [-0.15, -0.1) is 0 Å². The Morgan fingerprint density at radius 3 is 2.25 bits per heavy atom. The van der Waals surface area contributed by atoms with E-state index in [1.165, 1.54) is 16.7 Å². The van der Waals surface area contributed by atoms with E-state index in [4.69, 9.17) is 5.73 Å². The standard InChI is InChI=1S/C20H19N3O/c1-23(19-9-5-8-18(22-19)20(21)24)14-15-10-12-17(13-11-15)16-6-3-2-4-7-16/h2-13H,14H2,1H3,(H2,21,24). The molecular weight excluding hydrogens is 298 g/mol. The molecule has 0 bridgehead atoms. The molecule has 0 saturated carbocycles. The molecule has 0 spiro atoms. The van der Waals surface area contributed by atoms with E-state index in [1.54, 1.807) is 12.1 Å². The van der Waals surface area contributed by atoms with Gasteiger partial charge in [0.15, 0.2) is 0 Å². The highest BCUT2D eigenvalue weighted by Crippen LogP contribution is 2.20. The molecule has 24 heavy (non-hydrogen) atoms. The van der Waals surface area contributed by atoms with Crippen LogP contribution in [0.15, 0.2) is 72.8 Å². The van der Waals surface area contributed by atoms with E-state index in [9.17, 15) is 4.79 Å². The summed E-state index contributed by atoms with van der Waals surface area (Å²) in [7, 11) is 1.94. The monoisotopic (exact) mass is 317 g/mol. The van der Waals surface area contributed by atoms with Crippen LogP contribution >= 0.6 is 0 Å². The van der Waals surface area contributed by atoms with Crippen molar-refractivity contribution in [3.8, 4) is 11.1 Å². The van der Waals surface area contributed by atoms with Crippen molar-refractivity contribution in [2.45, 2.75) is 6.54 Å². The van der Waals surface area contributed by atoms with Crippen molar-refractivity contribution in [3.05, 3.63) is 84.1 Å². The summed E-state index contributed by atoms with van der Waals surface area (Å²) in [5.41, 5.74) is 9.13. The predicted octanol–water partition coefficient (Wildman–Crippen LogP) is 3.48. The second-order valence-corrected chi connectivity index (χ2v) is 5.66. The third-order valence-electron chi connectivity index (χ3n) is 3.86. The first-order chi connectivity index (χ1) is 11.6. The molecule has 1 aromatic heterocycles. The van der Waals surface area contributed by atoms with Gasteiger partial charge in [-0.25, -0.2) is 4.98 Å². The number of aromatic nitrogens is 1. The fourth-order valence-corrected chi connectivity index (χ4v) is 2.56. The van der Waals surface area contributed by atoms with Crippen LogP contribution in [0.3, 0.4) is 0 Å². The van der Waals surface area contributed by atoms with Crippen LogP contribution in [0.1, 0.15) is 16.1 Å². The fraction of sp³-hybridized carbons (Fsp3) is 0.100. The Labute approximate surface area is 141 Å². The Balaban J connectivity index is 1.74. The van der Waals surface area contributed by atoms with Gasteiger partial charge in [-0.3, -0.25) is 4.79 Å². The topological polar surface area (TPSA) is 59.2 Å². The molecular formula is C20H19N3O. The molecule has 0 saturated heterocycles. The molecule has 1 amide bonds. The molecule has 2 N–H and O–H groups in total. The van der Waals surface area contributed by atoms with Crippen molar-refractivity contribution in [2.24, 2.45) is 5.73 Å². The number of nitrogens with zero attached hydrogens (tertiary/aromatic N) is 2. The van der Waals surface area contributed by atoms with Gasteiger partial charge in [0, 0.05) is 13.6 Å². The van der Waals surface area contributed by atoms with Gasteiger partial charge >= 0.3 is 0 Å². The summed E-state index contributed by atoms with van der Waals surface area (Å²) in [5.74, 6) is 0.205. The fourth-order valence-electron chi connectivity index (χ4n) is 2.56. The largest absolute Gasteiger partial charge is 0.364 e. The predicted molar refractivity (Wildman–Crippen MR) is 96.7 cm³/mol. The van der Waals surface area contributed by atoms with Crippen molar-refractivity contribution in [2.75, 3.05) is 11.9 Å². The Kier molecular flexibility index (Phi) is 4.57. The van der Waals surface area contributed by atoms with Gasteiger partial charge in [-0.05, 0) is 28.8 Å². The molecule has 1 heterocycles. The maximum absolute atomic E-state index is 11.2. The second-order valence-electron chi connectivity index (χ2n) is 5.66. The Hall–Kier alpha value is -3.14. The molecule has 4 heteroatoms. The molecule has 2 aromatic carbocycles. The lowest BCUT2D eigenvalue weighted by Gasteiger charge is -2.18. The van der Waals surface area contributed by atoms with Crippen LogP contribution in [0, 0.1) is 0 Å². The highest BCUT2D eigenvalue weighted by atomic mass is 16.1. The SMILES string of the molecule is CN(Cc1ccc(-c2ccccc2)cc1)c1cccc(C(N)=O)n1. The van der Waals surface area contributed by atoms with E-state index in [2.05, 4.69) is 41.4 Å². The molecule has 0 fully saturated rings. The zero-order valence-corrected chi connectivity index (χ0v) is 13.5. The number of amides is 1. The molecule has 3 aromatic rings. The highest BCUT2D eigenvalue weighted by molar-refractivity contribution is 5.91. The first-order valence-corrected chi connectivity index (χ1v) is 7.76. The number of nitrogens with two attached hydrogens (primary N) is 1. The van der Waals surface area contributed by atoms with Crippen molar-refractivity contribution in [1.82, 2.24) is 4.98 Å². The minimum Gasteiger partial charge on any atom is -0.364 e. The van der Waals surface area contributed by atoms with E-state index < -0.39 is 5.91 Å². The van der Waals surface area contributed by atoms with Gasteiger partial charge in [-0.1, -0.05) is 60.7 Å². The number of anilines is 1. The molecule has 120 valence electrons. The normalized spacial score (nSPS) is 10.4. The lowest BCUT2D eigenvalue weighted by molar-refractivity contribution is 0.0995. The van der Waals surface area contributed by atoms with Gasteiger partial charge in [0.05, 0.1) is 0 Å². The van der Waals surface area contributed by atoms with Crippen LogP contribution in [0.4, 0.5) is 5.82 Å². The first-order valence-electron chi connectivity index (χ1n) is 7.76. The quantitative estimate of drug-likeness (QED) is 0.783. The lowest BCUT2D eigenvalue weighted by Crippen LogP contribution is -2.20. The summed E-state index contributed by atoms with van der Waals surface area (Å²) < 4.78 is 0. The minimum absolute atomic E-state index is 0.277. The summed E-state index contributed by atoms with van der Waals surface area (Å²) in [4.78, 5) is 17.5. The van der Waals surface area contributed by atoms with Crippen LogP contribution in [-0.2, 0) is 6.54 Å². The molecule has 0 atom stereocenters. The second kappa shape index (κ2) is 6.96. The van der Waals surface area contributed by atoms with Gasteiger partial charge in [0.1, 0.15) is 11.5 Å². The number of benzene rings is 2. The minimum atomic E-state index is -0.516. The van der Waals surface area contributed by atoms with Crippen LogP contribution in [0.2, 0.25) is 0 Å². The molecule has 4 nitrogen and oxygen atoms in total. The number of hydrogen-bond acceptors (Lipinski definition) is 3. The van der Waals surface area contributed by atoms with E-state index in [1.807, 2.05) is 36.2 Å². The van der Waals surface area contributed by atoms with Crippen LogP contribution in [0.25, 0.3) is 11.1 Å². The van der Waals surface area contributed by atoms with Crippen molar-refractivity contribution in [3.63, 3.8) is 0 Å². The summed E-state index contributed by atoms with van der Waals surface area (Å²) in [5, 5.41) is 0. The Bertz CT molecular complexity index is 829. The number of rotatable bonds is 5. The van der Waals surface area contributed by atoms with E-state index in [-0.39, 0.29) is 5.69 Å². The number of carbonyl (C=O) groups is 1.